The van der Waals surface area contributed by atoms with Gasteiger partial charge in [-0.15, -0.1) is 0 Å². The Morgan fingerprint density at radius 1 is 1.00 bits per heavy atom. The van der Waals surface area contributed by atoms with Crippen LogP contribution in [0.5, 0.6) is 0 Å². The normalized spacial score (nSPS) is 17.0. The Labute approximate surface area is 158 Å². The molecule has 138 valence electrons. The fourth-order valence-corrected chi connectivity index (χ4v) is 3.66. The van der Waals surface area contributed by atoms with Crippen molar-refractivity contribution in [2.75, 3.05) is 13.1 Å². The molecule has 1 fully saturated rings. The Balaban J connectivity index is 1.44. The van der Waals surface area contributed by atoms with E-state index in [0.717, 1.165) is 36.6 Å². The van der Waals surface area contributed by atoms with Gasteiger partial charge < -0.3 is 9.47 Å². The van der Waals surface area contributed by atoms with E-state index in [4.69, 9.17) is 0 Å². The molecule has 0 aliphatic carbocycles. The van der Waals surface area contributed by atoms with Crippen molar-refractivity contribution in [1.82, 2.24) is 24.4 Å². The average molecular weight is 361 g/mol. The molecule has 1 aliphatic heterocycles. The second-order valence-electron chi connectivity index (χ2n) is 6.91. The highest BCUT2D eigenvalue weighted by Gasteiger charge is 2.27. The lowest BCUT2D eigenvalue weighted by Crippen LogP contribution is -2.40. The van der Waals surface area contributed by atoms with E-state index in [0.29, 0.717) is 19.5 Å². The van der Waals surface area contributed by atoms with Crippen LogP contribution in [0.4, 0.5) is 0 Å². The third-order valence-electron chi connectivity index (χ3n) is 5.00. The van der Waals surface area contributed by atoms with Crippen LogP contribution in [0.2, 0.25) is 0 Å². The molecule has 4 rings (SSSR count). The predicted octanol–water partition coefficient (Wildman–Crippen LogP) is 2.67. The zero-order valence-corrected chi connectivity index (χ0v) is 15.2. The highest BCUT2D eigenvalue weighted by molar-refractivity contribution is 5.78. The van der Waals surface area contributed by atoms with Gasteiger partial charge in [0.15, 0.2) is 0 Å². The number of imidazole rings is 1. The van der Waals surface area contributed by atoms with Gasteiger partial charge in [0.05, 0.1) is 18.7 Å². The zero-order valence-electron chi connectivity index (χ0n) is 15.2. The van der Waals surface area contributed by atoms with E-state index >= 15 is 0 Å². The molecule has 3 aromatic heterocycles. The van der Waals surface area contributed by atoms with E-state index < -0.39 is 0 Å². The van der Waals surface area contributed by atoms with Crippen molar-refractivity contribution in [3.8, 4) is 0 Å². The Morgan fingerprint density at radius 2 is 1.78 bits per heavy atom. The van der Waals surface area contributed by atoms with Gasteiger partial charge in [0.2, 0.25) is 5.91 Å². The van der Waals surface area contributed by atoms with Crippen LogP contribution < -0.4 is 0 Å². The summed E-state index contributed by atoms with van der Waals surface area (Å²) in [6.07, 6.45) is 9.78. The number of piperidine rings is 1. The average Bonchev–Trinajstić information content (AvgIpc) is 3.18. The van der Waals surface area contributed by atoms with Crippen molar-refractivity contribution in [2.24, 2.45) is 0 Å². The van der Waals surface area contributed by atoms with Crippen molar-refractivity contribution >= 4 is 5.91 Å². The summed E-state index contributed by atoms with van der Waals surface area (Å²) in [4.78, 5) is 27.9. The molecule has 1 amide bonds. The first-order valence-electron chi connectivity index (χ1n) is 9.38. The summed E-state index contributed by atoms with van der Waals surface area (Å²) in [5, 5.41) is 0. The van der Waals surface area contributed by atoms with Gasteiger partial charge >= 0.3 is 0 Å². The van der Waals surface area contributed by atoms with Gasteiger partial charge in [-0.25, -0.2) is 4.98 Å². The maximum absolute atomic E-state index is 12.7. The van der Waals surface area contributed by atoms with E-state index in [1.165, 1.54) is 0 Å². The number of pyridine rings is 2. The maximum Gasteiger partial charge on any atom is 0.228 e. The first-order valence-corrected chi connectivity index (χ1v) is 9.38. The smallest absolute Gasteiger partial charge is 0.228 e. The molecule has 0 unspecified atom stereocenters. The number of carbonyl (C=O) groups is 1. The summed E-state index contributed by atoms with van der Waals surface area (Å²) >= 11 is 0. The standard InChI is InChI=1S/C21H23N5O/c27-20(14-18-7-1-3-9-22-18)25-12-5-6-17(15-25)21-24-11-13-26(21)16-19-8-2-4-10-23-19/h1-4,7-11,13,17H,5-6,12,14-16H2/t17-/m0/s1. The van der Waals surface area contributed by atoms with Gasteiger partial charge in [-0.1, -0.05) is 12.1 Å². The van der Waals surface area contributed by atoms with E-state index in [9.17, 15) is 4.79 Å². The number of rotatable bonds is 5. The van der Waals surface area contributed by atoms with Crippen molar-refractivity contribution in [2.45, 2.75) is 31.7 Å². The van der Waals surface area contributed by atoms with Crippen LogP contribution in [-0.4, -0.2) is 43.4 Å². The molecule has 6 heteroatoms. The molecule has 0 spiro atoms. The number of nitrogens with zero attached hydrogens (tertiary/aromatic N) is 5. The minimum absolute atomic E-state index is 0.140. The maximum atomic E-state index is 12.7. The fraction of sp³-hybridized carbons (Fsp3) is 0.333. The Kier molecular flexibility index (Phi) is 5.23. The highest BCUT2D eigenvalue weighted by Crippen LogP contribution is 2.26. The van der Waals surface area contributed by atoms with Crippen molar-refractivity contribution in [1.29, 1.82) is 0 Å². The summed E-state index contributed by atoms with van der Waals surface area (Å²) in [6, 6.07) is 11.6. The van der Waals surface area contributed by atoms with Crippen LogP contribution >= 0.6 is 0 Å². The lowest BCUT2D eigenvalue weighted by atomic mass is 9.96. The predicted molar refractivity (Wildman–Crippen MR) is 102 cm³/mol. The molecule has 0 saturated carbocycles. The number of likely N-dealkylation sites (tertiary alicyclic amines) is 1. The van der Waals surface area contributed by atoms with E-state index in [1.807, 2.05) is 59.9 Å². The summed E-state index contributed by atoms with van der Waals surface area (Å²) < 4.78 is 2.15. The first kappa shape index (κ1) is 17.4. The lowest BCUT2D eigenvalue weighted by Gasteiger charge is -2.32. The topological polar surface area (TPSA) is 63.9 Å². The molecule has 3 aromatic rings. The van der Waals surface area contributed by atoms with Crippen LogP contribution in [0.1, 0.15) is 36.0 Å². The van der Waals surface area contributed by atoms with Crippen molar-refractivity contribution in [3.63, 3.8) is 0 Å². The van der Waals surface area contributed by atoms with Crippen LogP contribution in [0.15, 0.2) is 61.2 Å². The molecule has 1 aliphatic rings. The van der Waals surface area contributed by atoms with Crippen LogP contribution in [0.3, 0.4) is 0 Å². The lowest BCUT2D eigenvalue weighted by molar-refractivity contribution is -0.131. The quantitative estimate of drug-likeness (QED) is 0.701. The van der Waals surface area contributed by atoms with Crippen LogP contribution in [0.25, 0.3) is 0 Å². The second-order valence-corrected chi connectivity index (χ2v) is 6.91. The van der Waals surface area contributed by atoms with E-state index in [2.05, 4.69) is 19.5 Å². The molecular formula is C21H23N5O. The molecule has 0 N–H and O–H groups in total. The van der Waals surface area contributed by atoms with Crippen molar-refractivity contribution in [3.05, 3.63) is 78.4 Å². The number of carbonyl (C=O) groups excluding carboxylic acids is 1. The van der Waals surface area contributed by atoms with Gasteiger partial charge in [0.25, 0.3) is 0 Å². The molecule has 1 atom stereocenters. The molecule has 0 bridgehead atoms. The Morgan fingerprint density at radius 3 is 2.52 bits per heavy atom. The Bertz CT molecular complexity index is 878. The van der Waals surface area contributed by atoms with Gasteiger partial charge in [0, 0.05) is 49.5 Å². The summed E-state index contributed by atoms with van der Waals surface area (Å²) in [6.45, 7) is 2.22. The number of aromatic nitrogens is 4. The second kappa shape index (κ2) is 8.12. The molecule has 0 radical (unpaired) electrons. The van der Waals surface area contributed by atoms with Gasteiger partial charge in [-0.05, 0) is 37.1 Å². The fourth-order valence-electron chi connectivity index (χ4n) is 3.66. The summed E-state index contributed by atoms with van der Waals surface area (Å²) in [5.74, 6) is 1.43. The minimum Gasteiger partial charge on any atom is -0.342 e. The minimum atomic E-state index is 0.140. The SMILES string of the molecule is O=C(Cc1ccccn1)N1CCC[C@H](c2nccn2Cc2ccccn2)C1. The Hall–Kier alpha value is -3.02. The summed E-state index contributed by atoms with van der Waals surface area (Å²) in [5.41, 5.74) is 1.83. The van der Waals surface area contributed by atoms with E-state index in [-0.39, 0.29) is 11.8 Å². The van der Waals surface area contributed by atoms with E-state index in [1.54, 1.807) is 6.20 Å². The number of hydrogen-bond donors (Lipinski definition) is 0. The van der Waals surface area contributed by atoms with Gasteiger partial charge in [0.1, 0.15) is 5.82 Å². The van der Waals surface area contributed by atoms with Gasteiger partial charge in [-0.3, -0.25) is 14.8 Å². The third-order valence-corrected chi connectivity index (χ3v) is 5.00. The first-order chi connectivity index (χ1) is 13.3. The molecule has 1 saturated heterocycles. The van der Waals surface area contributed by atoms with Crippen LogP contribution in [0, 0.1) is 0 Å². The molecule has 4 heterocycles. The third kappa shape index (κ3) is 4.22. The monoisotopic (exact) mass is 361 g/mol. The molecular weight excluding hydrogens is 338 g/mol. The number of hydrogen-bond acceptors (Lipinski definition) is 4. The highest BCUT2D eigenvalue weighted by atomic mass is 16.2. The van der Waals surface area contributed by atoms with Gasteiger partial charge in [-0.2, -0.15) is 0 Å². The number of amides is 1. The zero-order chi connectivity index (χ0) is 18.5. The molecule has 6 nitrogen and oxygen atoms in total. The van der Waals surface area contributed by atoms with Crippen LogP contribution in [-0.2, 0) is 17.8 Å². The van der Waals surface area contributed by atoms with Crippen molar-refractivity contribution < 1.29 is 4.79 Å². The summed E-state index contributed by atoms with van der Waals surface area (Å²) in [7, 11) is 0. The molecule has 27 heavy (non-hydrogen) atoms. The molecule has 0 aromatic carbocycles. The largest absolute Gasteiger partial charge is 0.342 e.